The molecule has 1 unspecified atom stereocenters. The highest BCUT2D eigenvalue weighted by atomic mass is 16.5. The number of nitrogens with zero attached hydrogens (tertiary/aromatic N) is 3. The molecule has 0 aliphatic rings. The third-order valence-corrected chi connectivity index (χ3v) is 3.42. The Morgan fingerprint density at radius 2 is 1.73 bits per heavy atom. The fourth-order valence-corrected chi connectivity index (χ4v) is 2.14. The van der Waals surface area contributed by atoms with Crippen LogP contribution in [0.15, 0.2) is 18.5 Å². The van der Waals surface area contributed by atoms with E-state index < -0.39 is 6.10 Å². The molecule has 0 radical (unpaired) electrons. The number of methoxy groups -OCH3 is 3. The summed E-state index contributed by atoms with van der Waals surface area (Å²) in [5.41, 5.74) is 0.723. The summed E-state index contributed by atoms with van der Waals surface area (Å²) in [6.45, 7) is 2.28. The van der Waals surface area contributed by atoms with Crippen molar-refractivity contribution in [1.29, 1.82) is 0 Å². The van der Waals surface area contributed by atoms with E-state index >= 15 is 0 Å². The third-order valence-electron chi connectivity index (χ3n) is 3.42. The van der Waals surface area contributed by atoms with Gasteiger partial charge in [0.2, 0.25) is 0 Å². The molecule has 1 aromatic heterocycles. The van der Waals surface area contributed by atoms with Crippen LogP contribution in [0.2, 0.25) is 0 Å². The van der Waals surface area contributed by atoms with E-state index in [1.54, 1.807) is 38.1 Å². The van der Waals surface area contributed by atoms with Crippen molar-refractivity contribution in [2.24, 2.45) is 0 Å². The predicted octanol–water partition coefficient (Wildman–Crippen LogP) is 1.74. The number of aliphatic hydroxyl groups is 1. The molecule has 0 saturated carbocycles. The van der Waals surface area contributed by atoms with Crippen LogP contribution in [0.5, 0.6) is 17.2 Å². The molecule has 120 valence electrons. The molecule has 0 aliphatic carbocycles. The van der Waals surface area contributed by atoms with Gasteiger partial charge in [0.15, 0.2) is 17.3 Å². The molecule has 22 heavy (non-hydrogen) atoms. The van der Waals surface area contributed by atoms with Crippen molar-refractivity contribution in [1.82, 2.24) is 14.8 Å². The average molecular weight is 307 g/mol. The average Bonchev–Trinajstić information content (AvgIpc) is 3.00. The zero-order valence-electron chi connectivity index (χ0n) is 13.2. The van der Waals surface area contributed by atoms with Gasteiger partial charge in [-0.1, -0.05) is 6.92 Å². The smallest absolute Gasteiger partial charge is 0.164 e. The van der Waals surface area contributed by atoms with Crippen LogP contribution in [0, 0.1) is 0 Å². The molecule has 2 rings (SSSR count). The monoisotopic (exact) mass is 307 g/mol. The molecular weight excluding hydrogens is 286 g/mol. The highest BCUT2D eigenvalue weighted by Gasteiger charge is 2.18. The fourth-order valence-electron chi connectivity index (χ4n) is 2.14. The summed E-state index contributed by atoms with van der Waals surface area (Å²) in [4.78, 5) is 4.28. The van der Waals surface area contributed by atoms with Gasteiger partial charge in [0.25, 0.3) is 0 Å². The first-order valence-corrected chi connectivity index (χ1v) is 7.00. The van der Waals surface area contributed by atoms with Crippen LogP contribution >= 0.6 is 0 Å². The quantitative estimate of drug-likeness (QED) is 0.839. The maximum absolute atomic E-state index is 9.85. The van der Waals surface area contributed by atoms with Crippen molar-refractivity contribution in [2.75, 3.05) is 21.3 Å². The minimum atomic E-state index is -0.480. The Labute approximate surface area is 129 Å². The lowest BCUT2D eigenvalue weighted by Crippen LogP contribution is -2.16. The number of rotatable bonds is 7. The minimum absolute atomic E-state index is 0.364. The summed E-state index contributed by atoms with van der Waals surface area (Å²) in [7, 11) is 4.71. The van der Waals surface area contributed by atoms with Gasteiger partial charge in [-0.05, 0) is 12.5 Å². The van der Waals surface area contributed by atoms with Gasteiger partial charge >= 0.3 is 0 Å². The van der Waals surface area contributed by atoms with Crippen LogP contribution < -0.4 is 14.2 Å². The molecule has 0 fully saturated rings. The van der Waals surface area contributed by atoms with Crippen LogP contribution in [0.1, 0.15) is 13.3 Å². The van der Waals surface area contributed by atoms with E-state index in [-0.39, 0.29) is 0 Å². The van der Waals surface area contributed by atoms with Gasteiger partial charge < -0.3 is 19.3 Å². The van der Waals surface area contributed by atoms with E-state index in [2.05, 4.69) is 10.1 Å². The van der Waals surface area contributed by atoms with Crippen LogP contribution in [-0.2, 0) is 6.54 Å². The Morgan fingerprint density at radius 3 is 2.32 bits per heavy atom. The van der Waals surface area contributed by atoms with E-state index in [0.717, 1.165) is 5.56 Å². The number of benzene rings is 1. The normalized spacial score (nSPS) is 12.0. The summed E-state index contributed by atoms with van der Waals surface area (Å²) in [6, 6.07) is 3.53. The second kappa shape index (κ2) is 7.13. The Bertz CT molecular complexity index is 627. The minimum Gasteiger partial charge on any atom is -0.496 e. The van der Waals surface area contributed by atoms with Crippen LogP contribution in [-0.4, -0.2) is 47.3 Å². The van der Waals surface area contributed by atoms with Crippen molar-refractivity contribution in [3.8, 4) is 28.6 Å². The molecule has 0 aliphatic heterocycles. The van der Waals surface area contributed by atoms with Gasteiger partial charge in [0.05, 0.1) is 39.5 Å². The largest absolute Gasteiger partial charge is 0.496 e. The molecule has 0 amide bonds. The molecule has 7 heteroatoms. The SMILES string of the molecule is CCC(O)Cn1ncnc1-c1cc(OC)c(OC)cc1OC. The van der Waals surface area contributed by atoms with E-state index in [4.69, 9.17) is 14.2 Å². The Kier molecular flexibility index (Phi) is 5.21. The molecular formula is C15H21N3O4. The molecule has 0 spiro atoms. The predicted molar refractivity (Wildman–Crippen MR) is 81.4 cm³/mol. The van der Waals surface area contributed by atoms with Gasteiger partial charge in [-0.15, -0.1) is 0 Å². The Morgan fingerprint density at radius 1 is 1.09 bits per heavy atom. The molecule has 0 bridgehead atoms. The summed E-state index contributed by atoms with van der Waals surface area (Å²) in [5.74, 6) is 2.34. The van der Waals surface area contributed by atoms with Gasteiger partial charge in [-0.25, -0.2) is 9.67 Å². The van der Waals surface area contributed by atoms with Crippen molar-refractivity contribution >= 4 is 0 Å². The maximum Gasteiger partial charge on any atom is 0.164 e. The fraction of sp³-hybridized carbons (Fsp3) is 0.467. The zero-order valence-corrected chi connectivity index (χ0v) is 13.2. The molecule has 1 heterocycles. The number of aromatic nitrogens is 3. The van der Waals surface area contributed by atoms with Gasteiger partial charge in [0.1, 0.15) is 12.1 Å². The van der Waals surface area contributed by atoms with E-state index in [1.807, 2.05) is 6.92 Å². The molecule has 1 N–H and O–H groups in total. The molecule has 2 aromatic rings. The van der Waals surface area contributed by atoms with E-state index in [1.165, 1.54) is 6.33 Å². The molecule has 0 saturated heterocycles. The molecule has 1 atom stereocenters. The van der Waals surface area contributed by atoms with Crippen molar-refractivity contribution < 1.29 is 19.3 Å². The van der Waals surface area contributed by atoms with Crippen LogP contribution in [0.4, 0.5) is 0 Å². The highest BCUT2D eigenvalue weighted by molar-refractivity contribution is 5.69. The Hall–Kier alpha value is -2.28. The lowest BCUT2D eigenvalue weighted by molar-refractivity contribution is 0.146. The first-order chi connectivity index (χ1) is 10.6. The van der Waals surface area contributed by atoms with Gasteiger partial charge in [-0.2, -0.15) is 5.10 Å². The number of hydrogen-bond acceptors (Lipinski definition) is 6. The second-order valence-corrected chi connectivity index (χ2v) is 4.74. The topological polar surface area (TPSA) is 78.6 Å². The molecule has 1 aromatic carbocycles. The first-order valence-electron chi connectivity index (χ1n) is 7.00. The van der Waals surface area contributed by atoms with Crippen LogP contribution in [0.3, 0.4) is 0 Å². The summed E-state index contributed by atoms with van der Waals surface area (Å²) in [6.07, 6.45) is 1.61. The standard InChI is InChI=1S/C15H21N3O4/c1-5-10(19)8-18-15(16-9-17-18)11-6-13(21-3)14(22-4)7-12(11)20-2/h6-7,9-10,19H,5,8H2,1-4H3. The zero-order chi connectivity index (χ0) is 16.1. The highest BCUT2D eigenvalue weighted by Crippen LogP contribution is 2.39. The lowest BCUT2D eigenvalue weighted by atomic mass is 10.1. The summed E-state index contributed by atoms with van der Waals surface area (Å²) in [5, 5.41) is 14.0. The van der Waals surface area contributed by atoms with E-state index in [0.29, 0.717) is 36.0 Å². The van der Waals surface area contributed by atoms with Crippen molar-refractivity contribution in [3.63, 3.8) is 0 Å². The van der Waals surface area contributed by atoms with Crippen LogP contribution in [0.25, 0.3) is 11.4 Å². The second-order valence-electron chi connectivity index (χ2n) is 4.74. The van der Waals surface area contributed by atoms with E-state index in [9.17, 15) is 5.11 Å². The van der Waals surface area contributed by atoms with Gasteiger partial charge in [0, 0.05) is 6.07 Å². The first kappa shape index (κ1) is 16.1. The lowest BCUT2D eigenvalue weighted by Gasteiger charge is -2.15. The molecule has 7 nitrogen and oxygen atoms in total. The Balaban J connectivity index is 2.50. The summed E-state index contributed by atoms with van der Waals surface area (Å²) >= 11 is 0. The van der Waals surface area contributed by atoms with Gasteiger partial charge in [-0.3, -0.25) is 0 Å². The third kappa shape index (κ3) is 3.14. The summed E-state index contributed by atoms with van der Waals surface area (Å²) < 4.78 is 17.7. The van der Waals surface area contributed by atoms with Crippen molar-refractivity contribution in [2.45, 2.75) is 26.0 Å². The number of aliphatic hydroxyl groups excluding tert-OH is 1. The number of hydrogen-bond donors (Lipinski definition) is 1. The maximum atomic E-state index is 9.85. The van der Waals surface area contributed by atoms with Crippen molar-refractivity contribution in [3.05, 3.63) is 18.5 Å². The number of ether oxygens (including phenoxy) is 3.